The largest absolute Gasteiger partial charge is 0.323 e. The van der Waals surface area contributed by atoms with Gasteiger partial charge >= 0.3 is 5.69 Å². The minimum atomic E-state index is -0.529. The van der Waals surface area contributed by atoms with Crippen LogP contribution in [0.15, 0.2) is 49.1 Å². The molecule has 0 aliphatic heterocycles. The van der Waals surface area contributed by atoms with E-state index < -0.39 is 4.92 Å². The maximum Gasteiger partial charge on any atom is 0.306 e. The van der Waals surface area contributed by atoms with E-state index in [2.05, 4.69) is 15.5 Å². The summed E-state index contributed by atoms with van der Waals surface area (Å²) in [5, 5.41) is 22.1. The lowest BCUT2D eigenvalue weighted by atomic mass is 10.2. The summed E-state index contributed by atoms with van der Waals surface area (Å²) in [5.74, 6) is -0.228. The van der Waals surface area contributed by atoms with E-state index >= 15 is 0 Å². The Hall–Kier alpha value is -3.20. The summed E-state index contributed by atoms with van der Waals surface area (Å²) in [6.07, 6.45) is 5.87. The molecule has 0 bridgehead atoms. The topological polar surface area (TPSA) is 108 Å². The molecule has 1 amide bonds. The maximum absolute atomic E-state index is 12.0. The number of aryl methyl sites for hydroxylation is 1. The number of carbonyl (C=O) groups is 1. The van der Waals surface area contributed by atoms with E-state index in [1.807, 2.05) is 24.3 Å². The molecule has 134 valence electrons. The van der Waals surface area contributed by atoms with E-state index in [-0.39, 0.29) is 24.6 Å². The molecule has 0 aliphatic rings. The molecule has 26 heavy (non-hydrogen) atoms. The van der Waals surface area contributed by atoms with E-state index in [0.717, 1.165) is 11.8 Å². The molecule has 3 rings (SSSR count). The van der Waals surface area contributed by atoms with E-state index in [1.54, 1.807) is 17.1 Å². The number of hydrogen-bond acceptors (Lipinski definition) is 5. The van der Waals surface area contributed by atoms with Crippen LogP contribution in [0.3, 0.4) is 0 Å². The molecule has 0 fully saturated rings. The van der Waals surface area contributed by atoms with Gasteiger partial charge in [0.15, 0.2) is 0 Å². The Balaban J connectivity index is 1.50. The van der Waals surface area contributed by atoms with Gasteiger partial charge in [0.2, 0.25) is 5.91 Å². The van der Waals surface area contributed by atoms with Gasteiger partial charge in [0.25, 0.3) is 0 Å². The van der Waals surface area contributed by atoms with Gasteiger partial charge in [0.05, 0.1) is 23.4 Å². The van der Waals surface area contributed by atoms with E-state index in [0.29, 0.717) is 17.3 Å². The highest BCUT2D eigenvalue weighted by molar-refractivity contribution is 6.30. The first-order chi connectivity index (χ1) is 12.5. The van der Waals surface area contributed by atoms with Crippen molar-refractivity contribution in [2.24, 2.45) is 0 Å². The van der Waals surface area contributed by atoms with Crippen molar-refractivity contribution >= 4 is 28.9 Å². The fourth-order valence-corrected chi connectivity index (χ4v) is 2.43. The van der Waals surface area contributed by atoms with E-state index in [1.165, 1.54) is 10.9 Å². The van der Waals surface area contributed by atoms with E-state index in [9.17, 15) is 14.9 Å². The zero-order valence-corrected chi connectivity index (χ0v) is 14.3. The van der Waals surface area contributed by atoms with Gasteiger partial charge in [-0.2, -0.15) is 10.2 Å². The highest BCUT2D eigenvalue weighted by atomic mass is 35.5. The number of nitrogens with zero attached hydrogens (tertiary/aromatic N) is 5. The quantitative estimate of drug-likeness (QED) is 0.505. The summed E-state index contributed by atoms with van der Waals surface area (Å²) in [4.78, 5) is 22.1. The molecule has 0 unspecified atom stereocenters. The SMILES string of the molecule is O=C(CCn1cc([N+](=O)[O-])cn1)Nc1cnn(Cc2ccc(Cl)cc2)c1. The number of nitro groups is 1. The van der Waals surface area contributed by atoms with Crippen LogP contribution in [-0.4, -0.2) is 30.4 Å². The number of amides is 1. The Morgan fingerprint density at radius 1 is 1.15 bits per heavy atom. The van der Waals surface area contributed by atoms with Crippen molar-refractivity contribution in [1.29, 1.82) is 0 Å². The van der Waals surface area contributed by atoms with Crippen molar-refractivity contribution in [2.45, 2.75) is 19.5 Å². The van der Waals surface area contributed by atoms with Gasteiger partial charge in [-0.05, 0) is 17.7 Å². The van der Waals surface area contributed by atoms with Crippen LogP contribution in [0, 0.1) is 10.1 Å². The van der Waals surface area contributed by atoms with Gasteiger partial charge < -0.3 is 5.32 Å². The summed E-state index contributed by atoms with van der Waals surface area (Å²) in [6.45, 7) is 0.808. The Morgan fingerprint density at radius 2 is 1.88 bits per heavy atom. The summed E-state index contributed by atoms with van der Waals surface area (Å²) in [5.41, 5.74) is 1.51. The molecular weight excluding hydrogens is 360 g/mol. The van der Waals surface area contributed by atoms with Gasteiger partial charge in [-0.15, -0.1) is 0 Å². The van der Waals surface area contributed by atoms with E-state index in [4.69, 9.17) is 11.6 Å². The summed E-state index contributed by atoms with van der Waals surface area (Å²) in [7, 11) is 0. The third kappa shape index (κ3) is 4.67. The molecule has 10 heteroatoms. The second-order valence-corrected chi connectivity index (χ2v) is 6.01. The van der Waals surface area contributed by atoms with Crippen LogP contribution in [0.5, 0.6) is 0 Å². The van der Waals surface area contributed by atoms with Crippen molar-refractivity contribution in [3.8, 4) is 0 Å². The first kappa shape index (κ1) is 17.6. The van der Waals surface area contributed by atoms with Crippen molar-refractivity contribution < 1.29 is 9.72 Å². The third-order valence-corrected chi connectivity index (χ3v) is 3.83. The molecule has 3 aromatic rings. The number of anilines is 1. The minimum absolute atomic E-state index is 0.103. The smallest absolute Gasteiger partial charge is 0.306 e. The lowest BCUT2D eigenvalue weighted by Gasteiger charge is -2.03. The van der Waals surface area contributed by atoms with Crippen LogP contribution >= 0.6 is 11.6 Å². The third-order valence-electron chi connectivity index (χ3n) is 3.57. The highest BCUT2D eigenvalue weighted by Crippen LogP contribution is 2.13. The second-order valence-electron chi connectivity index (χ2n) is 5.57. The van der Waals surface area contributed by atoms with Crippen molar-refractivity contribution in [2.75, 3.05) is 5.32 Å². The molecule has 0 aliphatic carbocycles. The molecule has 2 aromatic heterocycles. The maximum atomic E-state index is 12.0. The highest BCUT2D eigenvalue weighted by Gasteiger charge is 2.10. The van der Waals surface area contributed by atoms with Crippen LogP contribution in [0.25, 0.3) is 0 Å². The molecule has 2 heterocycles. The number of aromatic nitrogens is 4. The number of benzene rings is 1. The van der Waals surface area contributed by atoms with Gasteiger partial charge in [-0.1, -0.05) is 23.7 Å². The number of halogens is 1. The fourth-order valence-electron chi connectivity index (χ4n) is 2.30. The Labute approximate surface area is 153 Å². The number of rotatable bonds is 7. The molecule has 9 nitrogen and oxygen atoms in total. The Bertz CT molecular complexity index is 918. The van der Waals surface area contributed by atoms with Gasteiger partial charge in [0, 0.05) is 24.2 Å². The van der Waals surface area contributed by atoms with Crippen molar-refractivity contribution in [1.82, 2.24) is 19.6 Å². The zero-order valence-electron chi connectivity index (χ0n) is 13.6. The van der Waals surface area contributed by atoms with Crippen LogP contribution in [-0.2, 0) is 17.9 Å². The Morgan fingerprint density at radius 3 is 2.58 bits per heavy atom. The average molecular weight is 375 g/mol. The second kappa shape index (κ2) is 7.79. The van der Waals surface area contributed by atoms with Crippen molar-refractivity contribution in [3.05, 3.63) is 69.8 Å². The van der Waals surface area contributed by atoms with Crippen LogP contribution in [0.1, 0.15) is 12.0 Å². The zero-order chi connectivity index (χ0) is 18.5. The van der Waals surface area contributed by atoms with Crippen LogP contribution in [0.2, 0.25) is 5.02 Å². The lowest BCUT2D eigenvalue weighted by molar-refractivity contribution is -0.385. The molecule has 0 saturated carbocycles. The van der Waals surface area contributed by atoms with Crippen LogP contribution in [0.4, 0.5) is 11.4 Å². The molecular formula is C16H15ClN6O3. The van der Waals surface area contributed by atoms with Gasteiger partial charge in [-0.25, -0.2) is 0 Å². The normalized spacial score (nSPS) is 10.7. The molecule has 1 aromatic carbocycles. The molecule has 0 spiro atoms. The average Bonchev–Trinajstić information content (AvgIpc) is 3.25. The predicted molar refractivity (Wildman–Crippen MR) is 94.9 cm³/mol. The number of carbonyl (C=O) groups excluding carboxylic acids is 1. The molecule has 0 radical (unpaired) electrons. The molecule has 0 saturated heterocycles. The first-order valence-electron chi connectivity index (χ1n) is 7.73. The van der Waals surface area contributed by atoms with Gasteiger partial charge in [-0.3, -0.25) is 24.3 Å². The summed E-state index contributed by atoms with van der Waals surface area (Å²) in [6, 6.07) is 7.43. The Kier molecular flexibility index (Phi) is 5.28. The van der Waals surface area contributed by atoms with Crippen LogP contribution < -0.4 is 5.32 Å². The number of hydrogen-bond donors (Lipinski definition) is 1. The number of nitrogens with one attached hydrogen (secondary N) is 1. The lowest BCUT2D eigenvalue weighted by Crippen LogP contribution is -2.14. The minimum Gasteiger partial charge on any atom is -0.323 e. The predicted octanol–water partition coefficient (Wildman–Crippen LogP) is 2.72. The van der Waals surface area contributed by atoms with Crippen molar-refractivity contribution in [3.63, 3.8) is 0 Å². The molecule has 0 atom stereocenters. The van der Waals surface area contributed by atoms with Gasteiger partial charge in [0.1, 0.15) is 12.4 Å². The summed E-state index contributed by atoms with van der Waals surface area (Å²) >= 11 is 5.86. The standard InChI is InChI=1S/C16H15ClN6O3/c17-13-3-1-12(2-4-13)9-22-10-14(7-18-22)20-16(24)5-6-21-11-15(8-19-21)23(25)26/h1-4,7-8,10-11H,5-6,9H2,(H,20,24). The first-order valence-corrected chi connectivity index (χ1v) is 8.11. The summed E-state index contributed by atoms with van der Waals surface area (Å²) < 4.78 is 3.07. The fraction of sp³-hybridized carbons (Fsp3) is 0.188. The monoisotopic (exact) mass is 374 g/mol. The molecule has 1 N–H and O–H groups in total.